The fourth-order valence-corrected chi connectivity index (χ4v) is 1.78. The number of anilines is 1. The lowest BCUT2D eigenvalue weighted by Gasteiger charge is -2.25. The van der Waals surface area contributed by atoms with Gasteiger partial charge in [0.2, 0.25) is 5.91 Å². The normalized spacial score (nSPS) is 9.94. The van der Waals surface area contributed by atoms with Crippen LogP contribution >= 0.6 is 0 Å². The van der Waals surface area contributed by atoms with Crippen molar-refractivity contribution in [2.24, 2.45) is 0 Å². The van der Waals surface area contributed by atoms with Crippen molar-refractivity contribution in [3.63, 3.8) is 0 Å². The van der Waals surface area contributed by atoms with Gasteiger partial charge in [-0.05, 0) is 26.0 Å². The van der Waals surface area contributed by atoms with Gasteiger partial charge in [-0.2, -0.15) is 0 Å². The minimum atomic E-state index is 0.131. The summed E-state index contributed by atoms with van der Waals surface area (Å²) in [6.45, 7) is 9.53. The lowest BCUT2D eigenvalue weighted by atomic mass is 10.2. The molecule has 0 radical (unpaired) electrons. The topological polar surface area (TPSA) is 23.6 Å². The van der Waals surface area contributed by atoms with Crippen LogP contribution in [0.4, 0.5) is 5.69 Å². The van der Waals surface area contributed by atoms with E-state index in [2.05, 4.69) is 6.58 Å². The summed E-state index contributed by atoms with van der Waals surface area (Å²) in [5, 5.41) is 0. The van der Waals surface area contributed by atoms with E-state index < -0.39 is 0 Å². The Hall–Kier alpha value is -1.77. The first-order valence-electron chi connectivity index (χ1n) is 6.23. The van der Waals surface area contributed by atoms with Crippen LogP contribution in [0.1, 0.15) is 13.8 Å². The van der Waals surface area contributed by atoms with Crippen molar-refractivity contribution >= 4 is 11.6 Å². The Balaban J connectivity index is 2.60. The van der Waals surface area contributed by atoms with Gasteiger partial charge < -0.3 is 9.80 Å². The molecule has 0 bridgehead atoms. The van der Waals surface area contributed by atoms with Gasteiger partial charge in [-0.25, -0.2) is 0 Å². The van der Waals surface area contributed by atoms with Crippen LogP contribution in [0.3, 0.4) is 0 Å². The maximum atomic E-state index is 12.1. The Morgan fingerprint density at radius 2 is 1.83 bits per heavy atom. The fraction of sp³-hybridized carbons (Fsp3) is 0.400. The number of likely N-dealkylation sites (N-methyl/N-ethyl adjacent to an activating group) is 2. The van der Waals surface area contributed by atoms with E-state index in [4.69, 9.17) is 0 Å². The van der Waals surface area contributed by atoms with Crippen LogP contribution in [-0.4, -0.2) is 37.5 Å². The SMILES string of the molecule is C=C(C)CN(CC)C(=O)CN(C)c1ccccc1. The molecule has 0 aliphatic carbocycles. The summed E-state index contributed by atoms with van der Waals surface area (Å²) < 4.78 is 0. The molecule has 0 saturated carbocycles. The van der Waals surface area contributed by atoms with Gasteiger partial charge >= 0.3 is 0 Å². The van der Waals surface area contributed by atoms with Crippen molar-refractivity contribution < 1.29 is 4.79 Å². The Morgan fingerprint density at radius 1 is 1.22 bits per heavy atom. The number of para-hydroxylation sites is 1. The van der Waals surface area contributed by atoms with Crippen LogP contribution in [-0.2, 0) is 4.79 Å². The van der Waals surface area contributed by atoms with Crippen LogP contribution < -0.4 is 4.90 Å². The van der Waals surface area contributed by atoms with E-state index in [9.17, 15) is 4.79 Å². The first kappa shape index (κ1) is 14.3. The smallest absolute Gasteiger partial charge is 0.242 e. The first-order chi connectivity index (χ1) is 8.54. The maximum absolute atomic E-state index is 12.1. The summed E-state index contributed by atoms with van der Waals surface area (Å²) in [5.74, 6) is 0.131. The number of hydrogen-bond donors (Lipinski definition) is 0. The average Bonchev–Trinajstić information content (AvgIpc) is 2.36. The van der Waals surface area contributed by atoms with Gasteiger partial charge in [0.15, 0.2) is 0 Å². The molecule has 3 heteroatoms. The van der Waals surface area contributed by atoms with E-state index >= 15 is 0 Å². The Morgan fingerprint density at radius 3 is 2.33 bits per heavy atom. The molecule has 0 N–H and O–H groups in total. The van der Waals surface area contributed by atoms with E-state index in [1.54, 1.807) is 0 Å². The Labute approximate surface area is 110 Å². The molecule has 3 nitrogen and oxygen atoms in total. The second-order valence-corrected chi connectivity index (χ2v) is 4.56. The largest absolute Gasteiger partial charge is 0.365 e. The summed E-state index contributed by atoms with van der Waals surface area (Å²) in [6.07, 6.45) is 0. The molecule has 0 aromatic heterocycles. The summed E-state index contributed by atoms with van der Waals surface area (Å²) in [7, 11) is 1.93. The van der Waals surface area contributed by atoms with Crippen molar-refractivity contribution in [2.45, 2.75) is 13.8 Å². The van der Waals surface area contributed by atoms with Crippen LogP contribution in [0.2, 0.25) is 0 Å². The number of benzene rings is 1. The van der Waals surface area contributed by atoms with Gasteiger partial charge in [0.1, 0.15) is 0 Å². The summed E-state index contributed by atoms with van der Waals surface area (Å²) >= 11 is 0. The molecule has 98 valence electrons. The van der Waals surface area contributed by atoms with Gasteiger partial charge in [0.05, 0.1) is 6.54 Å². The number of nitrogens with zero attached hydrogens (tertiary/aromatic N) is 2. The number of rotatable bonds is 6. The molecule has 0 fully saturated rings. The van der Waals surface area contributed by atoms with Crippen LogP contribution in [0.5, 0.6) is 0 Å². The number of carbonyl (C=O) groups is 1. The molecule has 0 aliphatic rings. The minimum absolute atomic E-state index is 0.131. The lowest BCUT2D eigenvalue weighted by molar-refractivity contribution is -0.129. The highest BCUT2D eigenvalue weighted by Crippen LogP contribution is 2.11. The molecular formula is C15H22N2O. The highest BCUT2D eigenvalue weighted by Gasteiger charge is 2.14. The first-order valence-corrected chi connectivity index (χ1v) is 6.23. The van der Waals surface area contributed by atoms with Crippen molar-refractivity contribution in [2.75, 3.05) is 31.6 Å². The Bertz CT molecular complexity index is 400. The van der Waals surface area contributed by atoms with Crippen molar-refractivity contribution in [3.05, 3.63) is 42.5 Å². The summed E-state index contributed by atoms with van der Waals surface area (Å²) in [6, 6.07) is 9.92. The third kappa shape index (κ3) is 4.24. The molecule has 1 amide bonds. The molecule has 0 saturated heterocycles. The van der Waals surface area contributed by atoms with Crippen LogP contribution in [0.25, 0.3) is 0 Å². The zero-order valence-electron chi connectivity index (χ0n) is 11.5. The monoisotopic (exact) mass is 246 g/mol. The molecule has 0 spiro atoms. The van der Waals surface area contributed by atoms with Gasteiger partial charge in [-0.15, -0.1) is 0 Å². The maximum Gasteiger partial charge on any atom is 0.242 e. The number of carbonyl (C=O) groups excluding carboxylic acids is 1. The molecule has 0 aliphatic heterocycles. The third-order valence-electron chi connectivity index (χ3n) is 2.76. The second kappa shape index (κ2) is 6.84. The standard InChI is InChI=1S/C15H22N2O/c1-5-17(11-13(2)3)15(18)12-16(4)14-9-7-6-8-10-14/h6-10H,2,5,11-12H2,1,3-4H3. The molecule has 1 aromatic rings. The number of hydrogen-bond acceptors (Lipinski definition) is 2. The predicted molar refractivity (Wildman–Crippen MR) is 76.8 cm³/mol. The van der Waals surface area contributed by atoms with Gasteiger partial charge in [0, 0.05) is 25.8 Å². The van der Waals surface area contributed by atoms with E-state index in [1.807, 2.05) is 61.0 Å². The zero-order chi connectivity index (χ0) is 13.5. The second-order valence-electron chi connectivity index (χ2n) is 4.56. The Kier molecular flexibility index (Phi) is 5.43. The number of amides is 1. The summed E-state index contributed by atoms with van der Waals surface area (Å²) in [4.78, 5) is 15.9. The minimum Gasteiger partial charge on any atom is -0.365 e. The van der Waals surface area contributed by atoms with Crippen molar-refractivity contribution in [3.8, 4) is 0 Å². The van der Waals surface area contributed by atoms with Gasteiger partial charge in [-0.1, -0.05) is 30.4 Å². The van der Waals surface area contributed by atoms with Crippen molar-refractivity contribution in [1.82, 2.24) is 4.90 Å². The molecule has 0 heterocycles. The molecule has 1 rings (SSSR count). The predicted octanol–water partition coefficient (Wildman–Crippen LogP) is 2.55. The van der Waals surface area contributed by atoms with Crippen molar-refractivity contribution in [1.29, 1.82) is 0 Å². The highest BCUT2D eigenvalue weighted by molar-refractivity contribution is 5.81. The lowest BCUT2D eigenvalue weighted by Crippen LogP contribution is -2.39. The van der Waals surface area contributed by atoms with E-state index in [0.29, 0.717) is 19.6 Å². The van der Waals surface area contributed by atoms with Gasteiger partial charge in [0.25, 0.3) is 0 Å². The van der Waals surface area contributed by atoms with Crippen LogP contribution in [0.15, 0.2) is 42.5 Å². The third-order valence-corrected chi connectivity index (χ3v) is 2.76. The molecule has 1 aromatic carbocycles. The highest BCUT2D eigenvalue weighted by atomic mass is 16.2. The fourth-order valence-electron chi connectivity index (χ4n) is 1.78. The van der Waals surface area contributed by atoms with E-state index in [1.165, 1.54) is 0 Å². The average molecular weight is 246 g/mol. The van der Waals surface area contributed by atoms with Crippen LogP contribution in [0, 0.1) is 0 Å². The molecule has 18 heavy (non-hydrogen) atoms. The zero-order valence-corrected chi connectivity index (χ0v) is 11.5. The quantitative estimate of drug-likeness (QED) is 0.720. The molecule has 0 atom stereocenters. The molecule has 0 unspecified atom stereocenters. The van der Waals surface area contributed by atoms with E-state index in [-0.39, 0.29) is 5.91 Å². The molecular weight excluding hydrogens is 224 g/mol. The summed E-state index contributed by atoms with van der Waals surface area (Å²) in [5.41, 5.74) is 2.06. The van der Waals surface area contributed by atoms with E-state index in [0.717, 1.165) is 11.3 Å². The van der Waals surface area contributed by atoms with Gasteiger partial charge in [-0.3, -0.25) is 4.79 Å².